The van der Waals surface area contributed by atoms with Gasteiger partial charge in [0.25, 0.3) is 5.91 Å². The summed E-state index contributed by atoms with van der Waals surface area (Å²) < 4.78 is 22.3. The predicted octanol–water partition coefficient (Wildman–Crippen LogP) is 1.13. The molecule has 1 aromatic rings. The van der Waals surface area contributed by atoms with Crippen molar-refractivity contribution in [1.29, 1.82) is 0 Å². The Morgan fingerprint density at radius 3 is 2.25 bits per heavy atom. The molecule has 1 fully saturated rings. The van der Waals surface area contributed by atoms with Crippen molar-refractivity contribution in [2.75, 3.05) is 26.9 Å². The molecule has 24 heavy (non-hydrogen) atoms. The van der Waals surface area contributed by atoms with Crippen LogP contribution in [0, 0.1) is 0 Å². The van der Waals surface area contributed by atoms with Gasteiger partial charge in [0.2, 0.25) is 0 Å². The summed E-state index contributed by atoms with van der Waals surface area (Å²) in [7, 11) is 1.19. The molecular formula is C17H26BNO5. The molecule has 1 aromatic carbocycles. The van der Waals surface area contributed by atoms with Crippen LogP contribution < -0.4 is 15.5 Å². The molecular weight excluding hydrogens is 309 g/mol. The molecule has 0 atom stereocenters. The summed E-state index contributed by atoms with van der Waals surface area (Å²) >= 11 is 0. The first-order valence-corrected chi connectivity index (χ1v) is 8.09. The molecule has 7 heteroatoms. The van der Waals surface area contributed by atoms with Gasteiger partial charge in [-0.1, -0.05) is 12.1 Å². The van der Waals surface area contributed by atoms with Crippen molar-refractivity contribution < 1.29 is 23.6 Å². The first-order valence-electron chi connectivity index (χ1n) is 8.09. The van der Waals surface area contributed by atoms with Crippen LogP contribution in [0.15, 0.2) is 24.3 Å². The highest BCUT2D eigenvalue weighted by Crippen LogP contribution is 2.36. The van der Waals surface area contributed by atoms with Crippen LogP contribution in [0.2, 0.25) is 0 Å². The van der Waals surface area contributed by atoms with Crippen molar-refractivity contribution in [3.8, 4) is 5.75 Å². The average molecular weight is 335 g/mol. The number of rotatable bonds is 7. The molecule has 2 rings (SSSR count). The summed E-state index contributed by atoms with van der Waals surface area (Å²) in [6.45, 7) is 9.01. The van der Waals surface area contributed by atoms with Gasteiger partial charge >= 0.3 is 7.12 Å². The van der Waals surface area contributed by atoms with E-state index in [0.717, 1.165) is 5.46 Å². The Kier molecular flexibility index (Phi) is 5.90. The van der Waals surface area contributed by atoms with E-state index in [9.17, 15) is 4.79 Å². The summed E-state index contributed by atoms with van der Waals surface area (Å²) in [6.07, 6.45) is 0. The standard InChI is InChI=1S/C17H26BNO5/c1-16(2)17(3,4)24-18(23-16)13-6-8-14(9-7-13)22-12-15(20)19-10-11-21-5/h6-9H,10-12H2,1-5H3,(H,19,20). The van der Waals surface area contributed by atoms with Gasteiger partial charge in [-0.15, -0.1) is 0 Å². The second-order valence-electron chi connectivity index (χ2n) is 6.79. The topological polar surface area (TPSA) is 66.0 Å². The minimum atomic E-state index is -0.401. The van der Waals surface area contributed by atoms with E-state index in [2.05, 4.69) is 5.32 Å². The number of carbonyl (C=O) groups excluding carboxylic acids is 1. The Morgan fingerprint density at radius 2 is 1.71 bits per heavy atom. The fourth-order valence-corrected chi connectivity index (χ4v) is 2.19. The predicted molar refractivity (Wildman–Crippen MR) is 92.5 cm³/mol. The molecule has 132 valence electrons. The average Bonchev–Trinajstić information content (AvgIpc) is 2.74. The van der Waals surface area contributed by atoms with E-state index < -0.39 is 7.12 Å². The first-order chi connectivity index (χ1) is 11.2. The number of carbonyl (C=O) groups is 1. The minimum absolute atomic E-state index is 0.0282. The lowest BCUT2D eigenvalue weighted by atomic mass is 9.79. The van der Waals surface area contributed by atoms with E-state index in [1.165, 1.54) is 0 Å². The fourth-order valence-electron chi connectivity index (χ4n) is 2.19. The number of benzene rings is 1. The zero-order valence-corrected chi connectivity index (χ0v) is 15.0. The summed E-state index contributed by atoms with van der Waals surface area (Å²) in [6, 6.07) is 7.40. The zero-order valence-electron chi connectivity index (χ0n) is 15.0. The monoisotopic (exact) mass is 335 g/mol. The van der Waals surface area contributed by atoms with E-state index in [0.29, 0.717) is 18.9 Å². The van der Waals surface area contributed by atoms with Crippen molar-refractivity contribution in [1.82, 2.24) is 5.32 Å². The maximum Gasteiger partial charge on any atom is 0.494 e. The molecule has 0 unspecified atom stereocenters. The van der Waals surface area contributed by atoms with Crippen molar-refractivity contribution in [2.24, 2.45) is 0 Å². The van der Waals surface area contributed by atoms with Gasteiger partial charge in [0.05, 0.1) is 17.8 Å². The highest BCUT2D eigenvalue weighted by atomic mass is 16.7. The number of amides is 1. The van der Waals surface area contributed by atoms with E-state index in [1.807, 2.05) is 52.0 Å². The van der Waals surface area contributed by atoms with Gasteiger partial charge in [0, 0.05) is 13.7 Å². The lowest BCUT2D eigenvalue weighted by Gasteiger charge is -2.32. The Balaban J connectivity index is 1.87. The maximum absolute atomic E-state index is 11.6. The molecule has 0 spiro atoms. The molecule has 0 saturated carbocycles. The molecule has 6 nitrogen and oxygen atoms in total. The van der Waals surface area contributed by atoms with E-state index in [1.54, 1.807) is 7.11 Å². The van der Waals surface area contributed by atoms with Gasteiger partial charge < -0.3 is 24.1 Å². The maximum atomic E-state index is 11.6. The summed E-state index contributed by atoms with van der Waals surface area (Å²) in [5, 5.41) is 2.70. The summed E-state index contributed by atoms with van der Waals surface area (Å²) in [5.41, 5.74) is 0.186. The molecule has 1 N–H and O–H groups in total. The van der Waals surface area contributed by atoms with Crippen LogP contribution in [0.25, 0.3) is 0 Å². The van der Waals surface area contributed by atoms with Crippen LogP contribution >= 0.6 is 0 Å². The van der Waals surface area contributed by atoms with Gasteiger partial charge in [-0.2, -0.15) is 0 Å². The van der Waals surface area contributed by atoms with Gasteiger partial charge in [0.15, 0.2) is 6.61 Å². The van der Waals surface area contributed by atoms with Crippen molar-refractivity contribution in [2.45, 2.75) is 38.9 Å². The Labute approximate surface area is 143 Å². The van der Waals surface area contributed by atoms with Crippen molar-refractivity contribution in [3.63, 3.8) is 0 Å². The van der Waals surface area contributed by atoms with Gasteiger partial charge in [-0.25, -0.2) is 0 Å². The smallest absolute Gasteiger partial charge is 0.484 e. The Hall–Kier alpha value is -1.57. The van der Waals surface area contributed by atoms with Crippen LogP contribution in [0.1, 0.15) is 27.7 Å². The second kappa shape index (κ2) is 7.55. The molecule has 0 radical (unpaired) electrons. The third kappa shape index (κ3) is 4.50. The number of hydrogen-bond acceptors (Lipinski definition) is 5. The Bertz CT molecular complexity index is 543. The van der Waals surface area contributed by atoms with E-state index >= 15 is 0 Å². The van der Waals surface area contributed by atoms with E-state index in [-0.39, 0.29) is 23.7 Å². The number of hydrogen-bond donors (Lipinski definition) is 1. The highest BCUT2D eigenvalue weighted by Gasteiger charge is 2.51. The lowest BCUT2D eigenvalue weighted by molar-refractivity contribution is -0.123. The van der Waals surface area contributed by atoms with E-state index in [4.69, 9.17) is 18.8 Å². The number of methoxy groups -OCH3 is 1. The lowest BCUT2D eigenvalue weighted by Crippen LogP contribution is -2.41. The number of ether oxygens (including phenoxy) is 2. The highest BCUT2D eigenvalue weighted by molar-refractivity contribution is 6.62. The van der Waals surface area contributed by atoms with Crippen LogP contribution in [0.5, 0.6) is 5.75 Å². The normalized spacial score (nSPS) is 18.5. The van der Waals surface area contributed by atoms with Gasteiger partial charge in [0.1, 0.15) is 5.75 Å². The van der Waals surface area contributed by atoms with Gasteiger partial charge in [-0.05, 0) is 45.3 Å². The second-order valence-corrected chi connectivity index (χ2v) is 6.79. The van der Waals surface area contributed by atoms with Crippen LogP contribution in [0.3, 0.4) is 0 Å². The van der Waals surface area contributed by atoms with Crippen molar-refractivity contribution in [3.05, 3.63) is 24.3 Å². The zero-order chi connectivity index (χ0) is 17.8. The molecule has 1 aliphatic rings. The molecule has 1 amide bonds. The van der Waals surface area contributed by atoms with Crippen LogP contribution in [-0.2, 0) is 18.8 Å². The fraction of sp³-hybridized carbons (Fsp3) is 0.588. The largest absolute Gasteiger partial charge is 0.494 e. The minimum Gasteiger partial charge on any atom is -0.484 e. The summed E-state index contributed by atoms with van der Waals surface area (Å²) in [4.78, 5) is 11.6. The van der Waals surface area contributed by atoms with Gasteiger partial charge in [-0.3, -0.25) is 4.79 Å². The van der Waals surface area contributed by atoms with Crippen LogP contribution in [0.4, 0.5) is 0 Å². The number of nitrogens with one attached hydrogen (secondary N) is 1. The Morgan fingerprint density at radius 1 is 1.12 bits per heavy atom. The third-order valence-electron chi connectivity index (χ3n) is 4.40. The first kappa shape index (κ1) is 18.8. The molecule has 1 aliphatic heterocycles. The third-order valence-corrected chi connectivity index (χ3v) is 4.40. The molecule has 0 aromatic heterocycles. The quantitative estimate of drug-likeness (QED) is 0.598. The van der Waals surface area contributed by atoms with Crippen molar-refractivity contribution >= 4 is 18.5 Å². The summed E-state index contributed by atoms with van der Waals surface area (Å²) in [5.74, 6) is 0.444. The van der Waals surface area contributed by atoms with Crippen LogP contribution in [-0.4, -0.2) is 51.1 Å². The SMILES string of the molecule is COCCNC(=O)COc1ccc(B2OC(C)(C)C(C)(C)O2)cc1. The molecule has 0 aliphatic carbocycles. The molecule has 1 heterocycles. The molecule has 1 saturated heterocycles. The molecule has 0 bridgehead atoms.